The van der Waals surface area contributed by atoms with Gasteiger partial charge in [0.25, 0.3) is 0 Å². The van der Waals surface area contributed by atoms with Crippen molar-refractivity contribution in [2.45, 2.75) is 13.0 Å². The summed E-state index contributed by atoms with van der Waals surface area (Å²) >= 11 is 0. The third-order valence-electron chi connectivity index (χ3n) is 1.59. The minimum atomic E-state index is -0.415. The maximum absolute atomic E-state index is 10.7. The lowest BCUT2D eigenvalue weighted by atomic mass is 10.3. The molecule has 1 amide bonds. The normalized spacial score (nSPS) is 12.1. The molecule has 0 aliphatic rings. The molecule has 0 bridgehead atoms. The number of hydrogen-bond acceptors (Lipinski definition) is 4. The van der Waals surface area contributed by atoms with Gasteiger partial charge in [-0.25, -0.2) is 4.98 Å². The monoisotopic (exact) mass is 180 g/mol. The molecule has 13 heavy (non-hydrogen) atoms. The highest BCUT2D eigenvalue weighted by molar-refractivity contribution is 5.82. The van der Waals surface area contributed by atoms with E-state index in [1.165, 1.54) is 0 Å². The number of primary amides is 1. The van der Waals surface area contributed by atoms with Gasteiger partial charge in [0.05, 0.1) is 0 Å². The van der Waals surface area contributed by atoms with Crippen LogP contribution in [0.25, 0.3) is 0 Å². The first-order valence-corrected chi connectivity index (χ1v) is 3.87. The highest BCUT2D eigenvalue weighted by atomic mass is 16.1. The lowest BCUT2D eigenvalue weighted by molar-refractivity contribution is -0.118. The lowest BCUT2D eigenvalue weighted by Crippen LogP contribution is -2.32. The minimum absolute atomic E-state index is 0.404. The molecular weight excluding hydrogens is 168 g/mol. The summed E-state index contributed by atoms with van der Waals surface area (Å²) < 4.78 is 0. The standard InChI is InChI=1S/C8H12N4O/c1-5(8(10)13)12-6-2-3-11-7(9)4-6/h2-5H,1H3,(H2,10,13)(H3,9,11,12). The maximum Gasteiger partial charge on any atom is 0.239 e. The van der Waals surface area contributed by atoms with Crippen LogP contribution < -0.4 is 16.8 Å². The van der Waals surface area contributed by atoms with Crippen LogP contribution in [0.4, 0.5) is 11.5 Å². The molecule has 1 atom stereocenters. The van der Waals surface area contributed by atoms with Crippen LogP contribution >= 0.6 is 0 Å². The van der Waals surface area contributed by atoms with Gasteiger partial charge in [-0.05, 0) is 13.0 Å². The van der Waals surface area contributed by atoms with E-state index in [0.717, 1.165) is 5.69 Å². The van der Waals surface area contributed by atoms with Gasteiger partial charge in [-0.1, -0.05) is 0 Å². The summed E-state index contributed by atoms with van der Waals surface area (Å²) in [5.41, 5.74) is 11.3. The van der Waals surface area contributed by atoms with Crippen molar-refractivity contribution in [3.8, 4) is 0 Å². The SMILES string of the molecule is CC(Nc1ccnc(N)c1)C(N)=O. The van der Waals surface area contributed by atoms with Crippen LogP contribution in [0.2, 0.25) is 0 Å². The first-order valence-electron chi connectivity index (χ1n) is 3.87. The summed E-state index contributed by atoms with van der Waals surface area (Å²) in [5.74, 6) is -0.00273. The van der Waals surface area contributed by atoms with E-state index in [4.69, 9.17) is 11.5 Å². The number of rotatable bonds is 3. The van der Waals surface area contributed by atoms with Gasteiger partial charge in [-0.15, -0.1) is 0 Å². The second-order valence-electron chi connectivity index (χ2n) is 2.74. The van der Waals surface area contributed by atoms with Gasteiger partial charge in [0.15, 0.2) is 0 Å². The third kappa shape index (κ3) is 2.62. The van der Waals surface area contributed by atoms with Crippen LogP contribution in [0.3, 0.4) is 0 Å². The highest BCUT2D eigenvalue weighted by Crippen LogP contribution is 2.09. The molecule has 1 aromatic heterocycles. The van der Waals surface area contributed by atoms with E-state index in [0.29, 0.717) is 5.82 Å². The Balaban J connectivity index is 2.69. The topological polar surface area (TPSA) is 94.0 Å². The number of anilines is 2. The molecule has 5 N–H and O–H groups in total. The fourth-order valence-corrected chi connectivity index (χ4v) is 0.859. The molecule has 1 unspecified atom stereocenters. The molecule has 0 radical (unpaired) electrons. The summed E-state index contributed by atoms with van der Waals surface area (Å²) in [4.78, 5) is 14.5. The van der Waals surface area contributed by atoms with E-state index >= 15 is 0 Å². The maximum atomic E-state index is 10.7. The number of hydrogen-bond donors (Lipinski definition) is 3. The van der Waals surface area contributed by atoms with Crippen LogP contribution in [0, 0.1) is 0 Å². The van der Waals surface area contributed by atoms with E-state index in [2.05, 4.69) is 10.3 Å². The minimum Gasteiger partial charge on any atom is -0.384 e. The Kier molecular flexibility index (Phi) is 2.69. The Morgan fingerprint density at radius 2 is 2.38 bits per heavy atom. The van der Waals surface area contributed by atoms with Crippen molar-refractivity contribution in [2.24, 2.45) is 5.73 Å². The molecule has 0 fully saturated rings. The number of nitrogens with zero attached hydrogens (tertiary/aromatic N) is 1. The zero-order chi connectivity index (χ0) is 9.84. The smallest absolute Gasteiger partial charge is 0.239 e. The van der Waals surface area contributed by atoms with Gasteiger partial charge < -0.3 is 16.8 Å². The number of carbonyl (C=O) groups is 1. The van der Waals surface area contributed by atoms with Crippen LogP contribution in [-0.4, -0.2) is 16.9 Å². The zero-order valence-corrected chi connectivity index (χ0v) is 7.32. The van der Waals surface area contributed by atoms with Gasteiger partial charge in [0, 0.05) is 18.0 Å². The number of nitrogens with two attached hydrogens (primary N) is 2. The van der Waals surface area contributed by atoms with Crippen molar-refractivity contribution in [3.63, 3.8) is 0 Å². The Morgan fingerprint density at radius 1 is 1.69 bits per heavy atom. The van der Waals surface area contributed by atoms with E-state index < -0.39 is 11.9 Å². The van der Waals surface area contributed by atoms with E-state index in [9.17, 15) is 4.79 Å². The van der Waals surface area contributed by atoms with E-state index in [-0.39, 0.29) is 0 Å². The zero-order valence-electron chi connectivity index (χ0n) is 7.32. The Bertz CT molecular complexity index is 313. The fraction of sp³-hybridized carbons (Fsp3) is 0.250. The Hall–Kier alpha value is -1.78. The van der Waals surface area contributed by atoms with Gasteiger partial charge >= 0.3 is 0 Å². The number of pyridine rings is 1. The predicted octanol–water partition coefficient (Wildman–Crippen LogP) is -0.0505. The molecule has 5 heteroatoms. The molecule has 0 aromatic carbocycles. The molecule has 0 spiro atoms. The summed E-state index contributed by atoms with van der Waals surface area (Å²) in [6.07, 6.45) is 1.56. The largest absolute Gasteiger partial charge is 0.384 e. The number of nitrogen functional groups attached to an aromatic ring is 1. The van der Waals surface area contributed by atoms with Crippen molar-refractivity contribution in [2.75, 3.05) is 11.1 Å². The summed E-state index contributed by atoms with van der Waals surface area (Å²) in [7, 11) is 0. The fourth-order valence-electron chi connectivity index (χ4n) is 0.859. The second kappa shape index (κ2) is 3.75. The average molecular weight is 180 g/mol. The summed E-state index contributed by atoms with van der Waals surface area (Å²) in [6.45, 7) is 1.68. The molecule has 5 nitrogen and oxygen atoms in total. The third-order valence-corrected chi connectivity index (χ3v) is 1.59. The number of amides is 1. The number of nitrogens with one attached hydrogen (secondary N) is 1. The number of aromatic nitrogens is 1. The molecule has 1 aromatic rings. The quantitative estimate of drug-likeness (QED) is 0.607. The van der Waals surface area contributed by atoms with Crippen molar-refractivity contribution >= 4 is 17.4 Å². The molecule has 1 heterocycles. The van der Waals surface area contributed by atoms with Crippen molar-refractivity contribution in [1.82, 2.24) is 4.98 Å². The van der Waals surface area contributed by atoms with Crippen LogP contribution in [0.15, 0.2) is 18.3 Å². The summed E-state index contributed by atoms with van der Waals surface area (Å²) in [6, 6.07) is 2.94. The number of carbonyl (C=O) groups excluding carboxylic acids is 1. The lowest BCUT2D eigenvalue weighted by Gasteiger charge is -2.11. The summed E-state index contributed by atoms with van der Waals surface area (Å²) in [5, 5.41) is 2.89. The first-order chi connectivity index (χ1) is 6.09. The molecule has 0 aliphatic heterocycles. The van der Waals surface area contributed by atoms with Crippen molar-refractivity contribution < 1.29 is 4.79 Å². The van der Waals surface area contributed by atoms with Crippen molar-refractivity contribution in [1.29, 1.82) is 0 Å². The average Bonchev–Trinajstić information content (AvgIpc) is 2.04. The molecule has 0 saturated carbocycles. The van der Waals surface area contributed by atoms with Gasteiger partial charge in [0.1, 0.15) is 11.9 Å². The predicted molar refractivity (Wildman–Crippen MR) is 50.9 cm³/mol. The molecular formula is C8H12N4O. The van der Waals surface area contributed by atoms with Gasteiger partial charge in [-0.3, -0.25) is 4.79 Å². The van der Waals surface area contributed by atoms with Crippen LogP contribution in [-0.2, 0) is 4.79 Å². The van der Waals surface area contributed by atoms with E-state index in [1.54, 1.807) is 25.3 Å². The molecule has 70 valence electrons. The Morgan fingerprint density at radius 3 is 2.92 bits per heavy atom. The van der Waals surface area contributed by atoms with Crippen LogP contribution in [0.5, 0.6) is 0 Å². The first kappa shape index (κ1) is 9.31. The van der Waals surface area contributed by atoms with Gasteiger partial charge in [0.2, 0.25) is 5.91 Å². The van der Waals surface area contributed by atoms with Crippen LogP contribution in [0.1, 0.15) is 6.92 Å². The van der Waals surface area contributed by atoms with E-state index in [1.807, 2.05) is 0 Å². The molecule has 1 rings (SSSR count). The Labute approximate surface area is 76.1 Å². The van der Waals surface area contributed by atoms with Gasteiger partial charge in [-0.2, -0.15) is 0 Å². The highest BCUT2D eigenvalue weighted by Gasteiger charge is 2.07. The molecule has 0 aliphatic carbocycles. The molecule has 0 saturated heterocycles. The second-order valence-corrected chi connectivity index (χ2v) is 2.74. The van der Waals surface area contributed by atoms with Crippen molar-refractivity contribution in [3.05, 3.63) is 18.3 Å².